The summed E-state index contributed by atoms with van der Waals surface area (Å²) in [5.41, 5.74) is 2.23. The normalized spacial score (nSPS) is 29.2. The standard InChI is InChI=1S/C26H30O11/c1-34-19-6-12(3-4-17(19)29)22-15-8-18(30)20(35-2)7-13(15)5-14(9-27)16(22)11-36-26-25(33)24(32)23(31)21(10-28)37-26/h3-9,16,21-26,28-33H,10-11H2,1-2H3/t16-,21+,22-,23?,24-,25?,26+/m0/s1. The van der Waals surface area contributed by atoms with Crippen LogP contribution in [0.15, 0.2) is 35.9 Å². The molecule has 2 unspecified atom stereocenters. The number of phenolic OH excluding ortho intramolecular Hbond substituents is 2. The number of hydrogen-bond donors (Lipinski definition) is 6. The van der Waals surface area contributed by atoms with E-state index in [-0.39, 0.29) is 29.6 Å². The van der Waals surface area contributed by atoms with E-state index < -0.39 is 49.1 Å². The van der Waals surface area contributed by atoms with E-state index in [1.165, 1.54) is 26.4 Å². The number of carbonyl (C=O) groups excluding carboxylic acids is 1. The van der Waals surface area contributed by atoms with Gasteiger partial charge in [-0.2, -0.15) is 0 Å². The summed E-state index contributed by atoms with van der Waals surface area (Å²) in [6.07, 6.45) is -5.01. The Bertz CT molecular complexity index is 1160. The first-order valence-corrected chi connectivity index (χ1v) is 11.6. The highest BCUT2D eigenvalue weighted by molar-refractivity contribution is 5.86. The number of aliphatic hydroxyl groups is 4. The first-order valence-electron chi connectivity index (χ1n) is 11.6. The van der Waals surface area contributed by atoms with Crippen LogP contribution in [0.1, 0.15) is 22.6 Å². The fourth-order valence-corrected chi connectivity index (χ4v) is 4.87. The minimum atomic E-state index is -1.62. The fraction of sp³-hybridized carbons (Fsp3) is 0.423. The summed E-state index contributed by atoms with van der Waals surface area (Å²) in [7, 11) is 2.81. The maximum Gasteiger partial charge on any atom is 0.186 e. The molecule has 2 aromatic carbocycles. The van der Waals surface area contributed by atoms with Gasteiger partial charge in [0.15, 0.2) is 29.3 Å². The van der Waals surface area contributed by atoms with Gasteiger partial charge in [-0.05, 0) is 52.6 Å². The Hall–Kier alpha value is -3.19. The Morgan fingerprint density at radius 2 is 1.65 bits per heavy atom. The summed E-state index contributed by atoms with van der Waals surface area (Å²) >= 11 is 0. The summed E-state index contributed by atoms with van der Waals surface area (Å²) in [5.74, 6) is -1.03. The van der Waals surface area contributed by atoms with Crippen LogP contribution in [0.3, 0.4) is 0 Å². The summed E-state index contributed by atoms with van der Waals surface area (Å²) in [5, 5.41) is 60.7. The molecular weight excluding hydrogens is 488 g/mol. The van der Waals surface area contributed by atoms with Crippen molar-refractivity contribution in [1.82, 2.24) is 0 Å². The van der Waals surface area contributed by atoms with Gasteiger partial charge in [-0.15, -0.1) is 0 Å². The van der Waals surface area contributed by atoms with Crippen molar-refractivity contribution in [2.45, 2.75) is 36.6 Å². The van der Waals surface area contributed by atoms with Gasteiger partial charge in [0, 0.05) is 11.8 Å². The highest BCUT2D eigenvalue weighted by Gasteiger charge is 2.45. The first-order chi connectivity index (χ1) is 17.7. The van der Waals surface area contributed by atoms with E-state index in [4.69, 9.17) is 18.9 Å². The van der Waals surface area contributed by atoms with Gasteiger partial charge >= 0.3 is 0 Å². The van der Waals surface area contributed by atoms with E-state index in [1.807, 2.05) is 0 Å². The lowest BCUT2D eigenvalue weighted by Crippen LogP contribution is -2.59. The molecule has 1 aliphatic heterocycles. The molecule has 6 N–H and O–H groups in total. The van der Waals surface area contributed by atoms with E-state index in [1.54, 1.807) is 24.3 Å². The van der Waals surface area contributed by atoms with Gasteiger partial charge in [0.2, 0.25) is 0 Å². The highest BCUT2D eigenvalue weighted by Crippen LogP contribution is 2.47. The minimum absolute atomic E-state index is 0.0832. The minimum Gasteiger partial charge on any atom is -0.504 e. The number of carbonyl (C=O) groups is 1. The predicted molar refractivity (Wildman–Crippen MR) is 128 cm³/mol. The van der Waals surface area contributed by atoms with Gasteiger partial charge in [0.1, 0.15) is 30.7 Å². The number of hydrogen-bond acceptors (Lipinski definition) is 11. The summed E-state index contributed by atoms with van der Waals surface area (Å²) in [4.78, 5) is 12.2. The van der Waals surface area contributed by atoms with E-state index in [0.717, 1.165) is 0 Å². The summed E-state index contributed by atoms with van der Waals surface area (Å²) in [6, 6.07) is 7.85. The molecule has 11 heteroatoms. The maximum absolute atomic E-state index is 12.2. The van der Waals surface area contributed by atoms with E-state index >= 15 is 0 Å². The number of rotatable bonds is 8. The van der Waals surface area contributed by atoms with Crippen LogP contribution in [-0.4, -0.2) is 95.1 Å². The Morgan fingerprint density at radius 1 is 0.946 bits per heavy atom. The lowest BCUT2D eigenvalue weighted by Gasteiger charge is -2.41. The molecule has 11 nitrogen and oxygen atoms in total. The van der Waals surface area contributed by atoms with Gasteiger partial charge in [-0.3, -0.25) is 4.79 Å². The molecule has 1 fully saturated rings. The molecule has 37 heavy (non-hydrogen) atoms. The smallest absolute Gasteiger partial charge is 0.186 e. The van der Waals surface area contributed by atoms with Crippen molar-refractivity contribution >= 4 is 12.4 Å². The topological polar surface area (TPSA) is 175 Å². The molecule has 2 aliphatic rings. The van der Waals surface area contributed by atoms with Gasteiger partial charge in [-0.1, -0.05) is 6.07 Å². The number of ether oxygens (including phenoxy) is 4. The van der Waals surface area contributed by atoms with Crippen LogP contribution in [0.5, 0.6) is 23.0 Å². The van der Waals surface area contributed by atoms with Crippen LogP contribution < -0.4 is 9.47 Å². The Labute approximate surface area is 212 Å². The van der Waals surface area contributed by atoms with Crippen LogP contribution in [0.25, 0.3) is 6.08 Å². The highest BCUT2D eigenvalue weighted by atomic mass is 16.7. The molecule has 4 rings (SSSR count). The SMILES string of the molecule is COc1cc([C@H]2c3cc(O)c(OC)cc3C=C(C=O)[C@@H]2CO[C@@H]2O[C@H](CO)C(O)[C@H](O)C2O)ccc1O. The molecule has 0 radical (unpaired) electrons. The lowest BCUT2D eigenvalue weighted by molar-refractivity contribution is -0.302. The first kappa shape index (κ1) is 26.9. The molecular formula is C26H30O11. The van der Waals surface area contributed by atoms with Crippen LogP contribution in [-0.2, 0) is 14.3 Å². The molecule has 1 aliphatic carbocycles. The summed E-state index contributed by atoms with van der Waals surface area (Å²) in [6.45, 7) is -0.800. The van der Waals surface area contributed by atoms with Gasteiger partial charge < -0.3 is 49.6 Å². The number of methoxy groups -OCH3 is 2. The van der Waals surface area contributed by atoms with E-state index in [9.17, 15) is 35.4 Å². The molecule has 200 valence electrons. The Balaban J connectivity index is 1.75. The number of aldehydes is 1. The van der Waals surface area contributed by atoms with Crippen molar-refractivity contribution in [3.8, 4) is 23.0 Å². The second-order valence-corrected chi connectivity index (χ2v) is 8.96. The van der Waals surface area contributed by atoms with Crippen molar-refractivity contribution in [2.75, 3.05) is 27.4 Å². The van der Waals surface area contributed by atoms with Gasteiger partial charge in [0.05, 0.1) is 27.4 Å². The molecule has 0 saturated carbocycles. The van der Waals surface area contributed by atoms with E-state index in [0.29, 0.717) is 28.5 Å². The number of benzene rings is 2. The average Bonchev–Trinajstić information content (AvgIpc) is 2.90. The molecule has 1 heterocycles. The van der Waals surface area contributed by atoms with Crippen LogP contribution in [0, 0.1) is 5.92 Å². The van der Waals surface area contributed by atoms with Crippen LogP contribution in [0.2, 0.25) is 0 Å². The molecule has 7 atom stereocenters. The molecule has 0 spiro atoms. The molecule has 2 aromatic rings. The molecule has 0 bridgehead atoms. The number of aromatic hydroxyl groups is 2. The average molecular weight is 519 g/mol. The third kappa shape index (κ3) is 5.01. The number of phenols is 2. The Kier molecular flexibility index (Phi) is 8.02. The third-order valence-electron chi connectivity index (χ3n) is 6.86. The molecule has 1 saturated heterocycles. The quantitative estimate of drug-likeness (QED) is 0.265. The second kappa shape index (κ2) is 11.1. The zero-order valence-electron chi connectivity index (χ0n) is 20.2. The van der Waals surface area contributed by atoms with Gasteiger partial charge in [-0.25, -0.2) is 0 Å². The van der Waals surface area contributed by atoms with Crippen molar-refractivity contribution in [2.24, 2.45) is 5.92 Å². The lowest BCUT2D eigenvalue weighted by atomic mass is 9.72. The van der Waals surface area contributed by atoms with E-state index in [2.05, 4.69) is 0 Å². The third-order valence-corrected chi connectivity index (χ3v) is 6.86. The monoisotopic (exact) mass is 518 g/mol. The van der Waals surface area contributed by atoms with Crippen molar-refractivity contribution in [3.05, 3.63) is 52.6 Å². The summed E-state index contributed by atoms with van der Waals surface area (Å²) < 4.78 is 21.8. The maximum atomic E-state index is 12.2. The zero-order chi connectivity index (χ0) is 26.9. The fourth-order valence-electron chi connectivity index (χ4n) is 4.87. The van der Waals surface area contributed by atoms with Gasteiger partial charge in [0.25, 0.3) is 0 Å². The van der Waals surface area contributed by atoms with Crippen molar-refractivity contribution < 1.29 is 54.4 Å². The largest absolute Gasteiger partial charge is 0.504 e. The van der Waals surface area contributed by atoms with Crippen LogP contribution in [0.4, 0.5) is 0 Å². The van der Waals surface area contributed by atoms with Crippen LogP contribution >= 0.6 is 0 Å². The number of aliphatic hydroxyl groups excluding tert-OH is 4. The molecule has 0 amide bonds. The van der Waals surface area contributed by atoms with Crippen molar-refractivity contribution in [1.29, 1.82) is 0 Å². The second-order valence-electron chi connectivity index (χ2n) is 8.96. The zero-order valence-corrected chi connectivity index (χ0v) is 20.2. The van der Waals surface area contributed by atoms with Crippen molar-refractivity contribution in [3.63, 3.8) is 0 Å². The predicted octanol–water partition coefficient (Wildman–Crippen LogP) is 0.275. The number of fused-ring (bicyclic) bond motifs is 1. The Morgan fingerprint density at radius 3 is 2.30 bits per heavy atom. The molecule has 0 aromatic heterocycles.